The summed E-state index contributed by atoms with van der Waals surface area (Å²) in [6, 6.07) is -0.142. The Morgan fingerprint density at radius 2 is 1.83 bits per heavy atom. The molecule has 0 saturated carbocycles. The van der Waals surface area contributed by atoms with Crippen molar-refractivity contribution in [2.75, 3.05) is 19.7 Å². The van der Waals surface area contributed by atoms with Gasteiger partial charge in [-0.25, -0.2) is 4.79 Å². The fraction of sp³-hybridized carbons (Fsp3) is 0.875. The Labute approximate surface area is 73.3 Å². The molecule has 0 aromatic carbocycles. The van der Waals surface area contributed by atoms with Crippen molar-refractivity contribution in [3.8, 4) is 0 Å². The first-order chi connectivity index (χ1) is 5.81. The molecule has 0 bridgehead atoms. The van der Waals surface area contributed by atoms with Crippen LogP contribution in [0.25, 0.3) is 0 Å². The summed E-state index contributed by atoms with van der Waals surface area (Å²) >= 11 is 0. The van der Waals surface area contributed by atoms with Gasteiger partial charge in [0.05, 0.1) is 0 Å². The molecule has 0 unspecified atom stereocenters. The summed E-state index contributed by atoms with van der Waals surface area (Å²) in [5, 5.41) is 13.8. The second-order valence-electron chi connectivity index (χ2n) is 2.61. The van der Waals surface area contributed by atoms with Crippen molar-refractivity contribution in [3.63, 3.8) is 0 Å². The van der Waals surface area contributed by atoms with Gasteiger partial charge in [-0.05, 0) is 12.8 Å². The van der Waals surface area contributed by atoms with Gasteiger partial charge in [-0.3, -0.25) is 0 Å². The highest BCUT2D eigenvalue weighted by Crippen LogP contribution is 1.81. The third kappa shape index (κ3) is 7.34. The number of unbranched alkanes of at least 4 members (excludes halogenated alkanes) is 1. The number of hydrogen-bond acceptors (Lipinski definition) is 2. The highest BCUT2D eigenvalue weighted by molar-refractivity contribution is 5.73. The van der Waals surface area contributed by atoms with Gasteiger partial charge in [0.1, 0.15) is 0 Å². The lowest BCUT2D eigenvalue weighted by Gasteiger charge is -2.05. The largest absolute Gasteiger partial charge is 0.396 e. The summed E-state index contributed by atoms with van der Waals surface area (Å²) in [6.07, 6.45) is 2.70. The molecule has 0 aliphatic carbocycles. The van der Waals surface area contributed by atoms with Crippen LogP contribution in [-0.4, -0.2) is 30.8 Å². The molecule has 0 rings (SSSR count). The van der Waals surface area contributed by atoms with Crippen LogP contribution >= 0.6 is 0 Å². The molecule has 0 heterocycles. The summed E-state index contributed by atoms with van der Waals surface area (Å²) in [5.41, 5.74) is 0. The molecule has 4 heteroatoms. The zero-order valence-corrected chi connectivity index (χ0v) is 7.60. The lowest BCUT2D eigenvalue weighted by Crippen LogP contribution is -2.36. The van der Waals surface area contributed by atoms with Gasteiger partial charge < -0.3 is 15.7 Å². The van der Waals surface area contributed by atoms with Crippen LogP contribution in [-0.2, 0) is 0 Å². The van der Waals surface area contributed by atoms with Crippen LogP contribution in [0.1, 0.15) is 26.2 Å². The van der Waals surface area contributed by atoms with Crippen LogP contribution in [0.5, 0.6) is 0 Å². The lowest BCUT2D eigenvalue weighted by molar-refractivity contribution is 0.238. The van der Waals surface area contributed by atoms with E-state index < -0.39 is 0 Å². The molecule has 0 fully saturated rings. The minimum absolute atomic E-state index is 0.120. The van der Waals surface area contributed by atoms with Crippen LogP contribution < -0.4 is 10.6 Å². The van der Waals surface area contributed by atoms with Gasteiger partial charge in [0.2, 0.25) is 0 Å². The zero-order valence-electron chi connectivity index (χ0n) is 7.60. The third-order valence-corrected chi connectivity index (χ3v) is 1.44. The van der Waals surface area contributed by atoms with Gasteiger partial charge in [0.15, 0.2) is 0 Å². The van der Waals surface area contributed by atoms with E-state index in [1.807, 2.05) is 0 Å². The number of aliphatic hydroxyl groups is 1. The average Bonchev–Trinajstić information content (AvgIpc) is 2.06. The van der Waals surface area contributed by atoms with Gasteiger partial charge in [-0.2, -0.15) is 0 Å². The molecular weight excluding hydrogens is 156 g/mol. The van der Waals surface area contributed by atoms with Crippen molar-refractivity contribution < 1.29 is 9.90 Å². The third-order valence-electron chi connectivity index (χ3n) is 1.44. The molecule has 3 N–H and O–H groups in total. The quantitative estimate of drug-likeness (QED) is 0.512. The Hall–Kier alpha value is -0.770. The van der Waals surface area contributed by atoms with Crippen LogP contribution in [0, 0.1) is 0 Å². The van der Waals surface area contributed by atoms with E-state index in [1.54, 1.807) is 0 Å². The second-order valence-corrected chi connectivity index (χ2v) is 2.61. The number of aliphatic hydroxyl groups excluding tert-OH is 1. The SMILES string of the molecule is CCCCNC(=O)NCCCO. The van der Waals surface area contributed by atoms with Gasteiger partial charge in [-0.1, -0.05) is 13.3 Å². The van der Waals surface area contributed by atoms with E-state index in [9.17, 15) is 4.79 Å². The molecule has 2 amide bonds. The monoisotopic (exact) mass is 174 g/mol. The van der Waals surface area contributed by atoms with E-state index in [-0.39, 0.29) is 12.6 Å². The van der Waals surface area contributed by atoms with Gasteiger partial charge >= 0.3 is 6.03 Å². The number of hydrogen-bond donors (Lipinski definition) is 3. The van der Waals surface area contributed by atoms with Crippen molar-refractivity contribution in [1.29, 1.82) is 0 Å². The maximum Gasteiger partial charge on any atom is 0.314 e. The fourth-order valence-electron chi connectivity index (χ4n) is 0.722. The number of carbonyl (C=O) groups excluding carboxylic acids is 1. The van der Waals surface area contributed by atoms with Crippen molar-refractivity contribution in [3.05, 3.63) is 0 Å². The minimum Gasteiger partial charge on any atom is -0.396 e. The average molecular weight is 174 g/mol. The van der Waals surface area contributed by atoms with Gasteiger partial charge in [0, 0.05) is 19.7 Å². The first kappa shape index (κ1) is 11.2. The van der Waals surface area contributed by atoms with Crippen molar-refractivity contribution >= 4 is 6.03 Å². The maximum atomic E-state index is 10.9. The van der Waals surface area contributed by atoms with E-state index in [0.29, 0.717) is 13.0 Å². The molecule has 0 atom stereocenters. The second kappa shape index (κ2) is 8.33. The Balaban J connectivity index is 3.10. The molecule has 12 heavy (non-hydrogen) atoms. The predicted molar refractivity (Wildman–Crippen MR) is 48.0 cm³/mol. The van der Waals surface area contributed by atoms with Crippen LogP contribution in [0.3, 0.4) is 0 Å². The first-order valence-corrected chi connectivity index (χ1v) is 4.43. The van der Waals surface area contributed by atoms with Gasteiger partial charge in [-0.15, -0.1) is 0 Å². The number of urea groups is 1. The summed E-state index contributed by atoms with van der Waals surface area (Å²) in [7, 11) is 0. The van der Waals surface area contributed by atoms with Crippen LogP contribution in [0.4, 0.5) is 4.79 Å². The summed E-state index contributed by atoms with van der Waals surface area (Å²) in [6.45, 7) is 3.45. The minimum atomic E-state index is -0.142. The Morgan fingerprint density at radius 1 is 1.25 bits per heavy atom. The maximum absolute atomic E-state index is 10.9. The molecule has 0 aromatic heterocycles. The van der Waals surface area contributed by atoms with Crippen molar-refractivity contribution in [2.45, 2.75) is 26.2 Å². The van der Waals surface area contributed by atoms with Crippen LogP contribution in [0.2, 0.25) is 0 Å². The molecule has 0 spiro atoms. The normalized spacial score (nSPS) is 9.50. The van der Waals surface area contributed by atoms with E-state index in [1.165, 1.54) is 0 Å². The molecule has 0 aromatic rings. The first-order valence-electron chi connectivity index (χ1n) is 4.43. The number of carbonyl (C=O) groups is 1. The molecule has 0 saturated heterocycles. The van der Waals surface area contributed by atoms with E-state index in [2.05, 4.69) is 17.6 Å². The fourth-order valence-corrected chi connectivity index (χ4v) is 0.722. The predicted octanol–water partition coefficient (Wildman–Crippen LogP) is 0.468. The molecule has 0 aliphatic rings. The zero-order chi connectivity index (χ0) is 9.23. The standard InChI is InChI=1S/C8H18N2O2/c1-2-3-5-9-8(12)10-6-4-7-11/h11H,2-7H2,1H3,(H2,9,10,12). The molecule has 0 radical (unpaired) electrons. The highest BCUT2D eigenvalue weighted by atomic mass is 16.3. The van der Waals surface area contributed by atoms with Gasteiger partial charge in [0.25, 0.3) is 0 Å². The van der Waals surface area contributed by atoms with Crippen molar-refractivity contribution in [1.82, 2.24) is 10.6 Å². The summed E-state index contributed by atoms with van der Waals surface area (Å²) in [5.74, 6) is 0. The van der Waals surface area contributed by atoms with E-state index in [4.69, 9.17) is 5.11 Å². The van der Waals surface area contributed by atoms with E-state index >= 15 is 0 Å². The Kier molecular flexibility index (Phi) is 7.79. The summed E-state index contributed by atoms with van der Waals surface area (Å²) < 4.78 is 0. The Morgan fingerprint density at radius 3 is 2.33 bits per heavy atom. The van der Waals surface area contributed by atoms with Crippen LogP contribution in [0.15, 0.2) is 0 Å². The van der Waals surface area contributed by atoms with E-state index in [0.717, 1.165) is 19.4 Å². The molecule has 0 aliphatic heterocycles. The number of amides is 2. The number of nitrogens with one attached hydrogen (secondary N) is 2. The van der Waals surface area contributed by atoms with Crippen molar-refractivity contribution in [2.24, 2.45) is 0 Å². The molecular formula is C8H18N2O2. The Bertz CT molecular complexity index is 106. The smallest absolute Gasteiger partial charge is 0.314 e. The number of rotatable bonds is 6. The highest BCUT2D eigenvalue weighted by Gasteiger charge is 1.95. The summed E-state index contributed by atoms with van der Waals surface area (Å²) in [4.78, 5) is 10.9. The molecule has 4 nitrogen and oxygen atoms in total. The lowest BCUT2D eigenvalue weighted by atomic mass is 10.3. The molecule has 72 valence electrons. The topological polar surface area (TPSA) is 61.4 Å².